The van der Waals surface area contributed by atoms with Crippen LogP contribution in [0.25, 0.3) is 11.2 Å². The third kappa shape index (κ3) is 2.64. The number of aliphatic hydroxyl groups excluding tert-OH is 2. The maximum atomic E-state index is 13.1. The first kappa shape index (κ1) is 17.7. The van der Waals surface area contributed by atoms with Crippen molar-refractivity contribution in [2.24, 2.45) is 5.41 Å². The van der Waals surface area contributed by atoms with Crippen LogP contribution in [0.15, 0.2) is 9.59 Å². The van der Waals surface area contributed by atoms with E-state index >= 15 is 0 Å². The van der Waals surface area contributed by atoms with Gasteiger partial charge in [0.2, 0.25) is 5.95 Å². The molecule has 1 aliphatic heterocycles. The second-order valence-electron chi connectivity index (χ2n) is 7.08. The standard InChI is InChI=1S/C15H19N5O7/c16-13-17-9-8(10(23)18-13)19(5-15(1-2-15)12(24)25)14(26)20(9)11-7(22)3-6(4-21)27-11/h6-7,11,21-22H,1-5H2,(H,24,25)(H3,16,17,18,23). The molecule has 2 aromatic rings. The Hall–Kier alpha value is -2.70. The summed E-state index contributed by atoms with van der Waals surface area (Å²) in [6.45, 7) is -0.551. The van der Waals surface area contributed by atoms with Crippen molar-refractivity contribution < 1.29 is 24.9 Å². The molecule has 3 heterocycles. The number of imidazole rings is 1. The Morgan fingerprint density at radius 2 is 2.11 bits per heavy atom. The monoisotopic (exact) mass is 381 g/mol. The van der Waals surface area contributed by atoms with E-state index in [-0.39, 0.29) is 36.7 Å². The first-order chi connectivity index (χ1) is 12.8. The lowest BCUT2D eigenvalue weighted by molar-refractivity contribution is -0.143. The Morgan fingerprint density at radius 1 is 1.41 bits per heavy atom. The Morgan fingerprint density at radius 3 is 2.67 bits per heavy atom. The number of nitrogens with zero attached hydrogens (tertiary/aromatic N) is 3. The lowest BCUT2D eigenvalue weighted by Crippen LogP contribution is -2.34. The summed E-state index contributed by atoms with van der Waals surface area (Å²) in [4.78, 5) is 43.3. The summed E-state index contributed by atoms with van der Waals surface area (Å²) < 4.78 is 7.57. The zero-order valence-corrected chi connectivity index (χ0v) is 14.2. The highest BCUT2D eigenvalue weighted by atomic mass is 16.5. The first-order valence-corrected chi connectivity index (χ1v) is 8.46. The van der Waals surface area contributed by atoms with Crippen LogP contribution in [0.1, 0.15) is 25.5 Å². The molecule has 146 valence electrons. The van der Waals surface area contributed by atoms with Crippen LogP contribution in [0.3, 0.4) is 0 Å². The number of aromatic amines is 1. The highest BCUT2D eigenvalue weighted by Crippen LogP contribution is 2.47. The van der Waals surface area contributed by atoms with Gasteiger partial charge in [0.25, 0.3) is 5.56 Å². The van der Waals surface area contributed by atoms with E-state index in [0.29, 0.717) is 12.8 Å². The van der Waals surface area contributed by atoms with Crippen molar-refractivity contribution >= 4 is 23.1 Å². The number of carbonyl (C=O) groups is 1. The molecule has 0 radical (unpaired) electrons. The largest absolute Gasteiger partial charge is 0.481 e. The fourth-order valence-electron chi connectivity index (χ4n) is 3.55. The number of hydrogen-bond acceptors (Lipinski definition) is 8. The van der Waals surface area contributed by atoms with Gasteiger partial charge in [0.1, 0.15) is 6.10 Å². The molecule has 2 aliphatic rings. The Labute approximate surface area is 150 Å². The molecule has 2 fully saturated rings. The fourth-order valence-corrected chi connectivity index (χ4v) is 3.55. The van der Waals surface area contributed by atoms with Crippen LogP contribution < -0.4 is 17.0 Å². The number of anilines is 1. The van der Waals surface area contributed by atoms with Gasteiger partial charge in [-0.15, -0.1) is 0 Å². The quantitative estimate of drug-likeness (QED) is 0.389. The number of nitrogen functional groups attached to an aromatic ring is 1. The Balaban J connectivity index is 1.92. The molecule has 0 aromatic carbocycles. The number of rotatable bonds is 5. The number of ether oxygens (including phenoxy) is 1. The normalized spacial score (nSPS) is 26.5. The van der Waals surface area contributed by atoms with E-state index in [0.717, 1.165) is 9.13 Å². The highest BCUT2D eigenvalue weighted by Gasteiger charge is 2.51. The summed E-state index contributed by atoms with van der Waals surface area (Å²) >= 11 is 0. The first-order valence-electron chi connectivity index (χ1n) is 8.46. The van der Waals surface area contributed by atoms with Crippen molar-refractivity contribution in [3.63, 3.8) is 0 Å². The average molecular weight is 381 g/mol. The number of nitrogens with two attached hydrogens (primary N) is 1. The van der Waals surface area contributed by atoms with Crippen LogP contribution in [0.4, 0.5) is 5.95 Å². The minimum atomic E-state index is -1.17. The van der Waals surface area contributed by atoms with Gasteiger partial charge in [-0.2, -0.15) is 4.98 Å². The molecule has 0 amide bonds. The van der Waals surface area contributed by atoms with Crippen molar-refractivity contribution in [1.29, 1.82) is 0 Å². The molecule has 6 N–H and O–H groups in total. The van der Waals surface area contributed by atoms with Crippen molar-refractivity contribution in [1.82, 2.24) is 19.1 Å². The van der Waals surface area contributed by atoms with E-state index in [2.05, 4.69) is 9.97 Å². The molecule has 0 spiro atoms. The second kappa shape index (κ2) is 5.90. The van der Waals surface area contributed by atoms with Gasteiger partial charge in [0, 0.05) is 13.0 Å². The molecule has 3 atom stereocenters. The average Bonchev–Trinajstić information content (AvgIpc) is 3.23. The lowest BCUT2D eigenvalue weighted by Gasteiger charge is -2.15. The number of aromatic nitrogens is 4. The maximum Gasteiger partial charge on any atom is 0.332 e. The minimum Gasteiger partial charge on any atom is -0.481 e. The van der Waals surface area contributed by atoms with Crippen LogP contribution in [0.5, 0.6) is 0 Å². The predicted octanol–water partition coefficient (Wildman–Crippen LogP) is -2.03. The number of carboxylic acid groups (broad SMARTS) is 1. The predicted molar refractivity (Wildman–Crippen MR) is 89.9 cm³/mol. The Kier molecular flexibility index (Phi) is 3.87. The van der Waals surface area contributed by atoms with E-state index in [1.165, 1.54) is 0 Å². The number of fused-ring (bicyclic) bond motifs is 1. The summed E-state index contributed by atoms with van der Waals surface area (Å²) in [6.07, 6.45) is -2.10. The minimum absolute atomic E-state index is 0.0953. The molecule has 2 aromatic heterocycles. The van der Waals surface area contributed by atoms with Crippen LogP contribution in [-0.2, 0) is 16.1 Å². The number of H-pyrrole nitrogens is 1. The van der Waals surface area contributed by atoms with Gasteiger partial charge in [-0.25, -0.2) is 9.36 Å². The van der Waals surface area contributed by atoms with Crippen molar-refractivity contribution in [2.75, 3.05) is 12.3 Å². The molecule has 3 unspecified atom stereocenters. The van der Waals surface area contributed by atoms with E-state index in [1.807, 2.05) is 0 Å². The second-order valence-corrected chi connectivity index (χ2v) is 7.08. The molecule has 12 nitrogen and oxygen atoms in total. The molecule has 1 saturated carbocycles. The molecule has 0 bridgehead atoms. The van der Waals surface area contributed by atoms with Crippen LogP contribution in [0.2, 0.25) is 0 Å². The molecule has 27 heavy (non-hydrogen) atoms. The fraction of sp³-hybridized carbons (Fsp3) is 0.600. The van der Waals surface area contributed by atoms with Crippen LogP contribution in [0, 0.1) is 5.41 Å². The SMILES string of the molecule is Nc1nc2c(c(=O)[nH]1)n(CC1(C(=O)O)CC1)c(=O)n2C1OC(CO)CC1O. The van der Waals surface area contributed by atoms with E-state index in [4.69, 9.17) is 10.5 Å². The number of nitrogens with one attached hydrogen (secondary N) is 1. The highest BCUT2D eigenvalue weighted by molar-refractivity contribution is 5.78. The zero-order valence-electron chi connectivity index (χ0n) is 14.2. The zero-order chi connectivity index (χ0) is 19.5. The molecule has 1 saturated heterocycles. The van der Waals surface area contributed by atoms with Gasteiger partial charge in [-0.1, -0.05) is 0 Å². The Bertz CT molecular complexity index is 1030. The molecule has 4 rings (SSSR count). The lowest BCUT2D eigenvalue weighted by atomic mass is 10.1. The van der Waals surface area contributed by atoms with Crippen molar-refractivity contribution in [2.45, 2.75) is 44.2 Å². The van der Waals surface area contributed by atoms with Crippen molar-refractivity contribution in [3.8, 4) is 0 Å². The van der Waals surface area contributed by atoms with Gasteiger partial charge >= 0.3 is 11.7 Å². The summed E-state index contributed by atoms with van der Waals surface area (Å²) in [5.74, 6) is -1.28. The number of carboxylic acids is 1. The summed E-state index contributed by atoms with van der Waals surface area (Å²) in [7, 11) is 0. The third-order valence-corrected chi connectivity index (χ3v) is 5.22. The summed E-state index contributed by atoms with van der Waals surface area (Å²) in [5, 5.41) is 29.0. The topological polar surface area (TPSA) is 186 Å². The van der Waals surface area contributed by atoms with E-state index < -0.39 is 41.1 Å². The molecular formula is C15H19N5O7. The van der Waals surface area contributed by atoms with E-state index in [9.17, 15) is 29.7 Å². The smallest absolute Gasteiger partial charge is 0.332 e. The van der Waals surface area contributed by atoms with Crippen molar-refractivity contribution in [3.05, 3.63) is 20.8 Å². The van der Waals surface area contributed by atoms with Crippen LogP contribution in [-0.4, -0.2) is 59.2 Å². The van der Waals surface area contributed by atoms with Gasteiger partial charge in [0.05, 0.1) is 18.1 Å². The number of aliphatic hydroxyl groups is 2. The summed E-state index contributed by atoms with van der Waals surface area (Å²) in [6, 6.07) is 0. The number of hydrogen-bond donors (Lipinski definition) is 5. The molecular weight excluding hydrogens is 362 g/mol. The van der Waals surface area contributed by atoms with Gasteiger partial charge in [-0.05, 0) is 12.8 Å². The van der Waals surface area contributed by atoms with Gasteiger partial charge < -0.3 is 25.8 Å². The number of aliphatic carboxylic acids is 1. The third-order valence-electron chi connectivity index (χ3n) is 5.22. The maximum absolute atomic E-state index is 13.1. The van der Waals surface area contributed by atoms with Gasteiger partial charge in [0.15, 0.2) is 17.4 Å². The van der Waals surface area contributed by atoms with E-state index in [1.54, 1.807) is 0 Å². The van der Waals surface area contributed by atoms with Crippen LogP contribution >= 0.6 is 0 Å². The van der Waals surface area contributed by atoms with Gasteiger partial charge in [-0.3, -0.25) is 19.1 Å². The summed E-state index contributed by atoms with van der Waals surface area (Å²) in [5.41, 5.74) is 2.82. The molecule has 1 aliphatic carbocycles. The molecule has 12 heteroatoms.